The van der Waals surface area contributed by atoms with Crippen molar-refractivity contribution in [2.45, 2.75) is 0 Å². The third-order valence-corrected chi connectivity index (χ3v) is 10.1. The van der Waals surface area contributed by atoms with Crippen molar-refractivity contribution in [3.63, 3.8) is 0 Å². The molecule has 0 fully saturated rings. The highest BCUT2D eigenvalue weighted by Crippen LogP contribution is 2.43. The lowest BCUT2D eigenvalue weighted by molar-refractivity contribution is 1.17. The SMILES string of the molecule is c1ccc(-c2cccc(-c3cccc(-n4c5cc(-c6ccccc6)ccc5c5ccc6c(c7ccccc7n6-c6ccccc6)c54)c3)c2)cc1. The van der Waals surface area contributed by atoms with E-state index >= 15 is 0 Å². The summed E-state index contributed by atoms with van der Waals surface area (Å²) in [6, 6.07) is 70.4. The van der Waals surface area contributed by atoms with Crippen LogP contribution in [0.25, 0.3) is 88.4 Å². The highest BCUT2D eigenvalue weighted by molar-refractivity contribution is 6.26. The molecule has 0 saturated heterocycles. The molecule has 0 spiro atoms. The van der Waals surface area contributed by atoms with Gasteiger partial charge in [0.05, 0.1) is 22.1 Å². The number of hydrogen-bond acceptors (Lipinski definition) is 0. The van der Waals surface area contributed by atoms with Crippen LogP contribution >= 0.6 is 0 Å². The molecule has 0 amide bonds. The first-order valence-corrected chi connectivity index (χ1v) is 17.2. The third kappa shape index (κ3) is 4.50. The highest BCUT2D eigenvalue weighted by Gasteiger charge is 2.21. The topological polar surface area (TPSA) is 9.86 Å². The van der Waals surface area contributed by atoms with Gasteiger partial charge in [0.25, 0.3) is 0 Å². The minimum atomic E-state index is 1.14. The maximum Gasteiger partial charge on any atom is 0.0641 e. The summed E-state index contributed by atoms with van der Waals surface area (Å²) < 4.78 is 4.92. The first-order chi connectivity index (χ1) is 24.8. The Hall–Kier alpha value is -6.64. The van der Waals surface area contributed by atoms with Crippen molar-refractivity contribution in [1.82, 2.24) is 9.13 Å². The molecular weight excluding hydrogens is 605 g/mol. The maximum atomic E-state index is 2.51. The lowest BCUT2D eigenvalue weighted by Crippen LogP contribution is -1.96. The van der Waals surface area contributed by atoms with E-state index in [4.69, 9.17) is 0 Å². The van der Waals surface area contributed by atoms with Crippen LogP contribution in [0.5, 0.6) is 0 Å². The highest BCUT2D eigenvalue weighted by atomic mass is 15.0. The van der Waals surface area contributed by atoms with Crippen molar-refractivity contribution in [2.24, 2.45) is 0 Å². The molecule has 0 atom stereocenters. The summed E-state index contributed by atoms with van der Waals surface area (Å²) in [6.45, 7) is 0. The molecule has 2 heterocycles. The molecular formula is C48H32N2. The minimum Gasteiger partial charge on any atom is -0.309 e. The predicted molar refractivity (Wildman–Crippen MR) is 211 cm³/mol. The van der Waals surface area contributed by atoms with Gasteiger partial charge < -0.3 is 9.13 Å². The van der Waals surface area contributed by atoms with E-state index in [1.54, 1.807) is 0 Å². The molecule has 2 aromatic heterocycles. The normalized spacial score (nSPS) is 11.6. The first-order valence-electron chi connectivity index (χ1n) is 17.2. The van der Waals surface area contributed by atoms with Crippen LogP contribution in [0.15, 0.2) is 194 Å². The van der Waals surface area contributed by atoms with Gasteiger partial charge in [0.15, 0.2) is 0 Å². The molecule has 2 heteroatoms. The molecule has 234 valence electrons. The van der Waals surface area contributed by atoms with Crippen LogP contribution in [0.2, 0.25) is 0 Å². The van der Waals surface area contributed by atoms with Crippen molar-refractivity contribution in [3.05, 3.63) is 194 Å². The average Bonchev–Trinajstić information content (AvgIpc) is 3.71. The Kier molecular flexibility index (Phi) is 6.53. The Labute approximate surface area is 290 Å². The Bertz CT molecular complexity index is 2840. The van der Waals surface area contributed by atoms with Gasteiger partial charge in [-0.2, -0.15) is 0 Å². The van der Waals surface area contributed by atoms with E-state index in [1.165, 1.54) is 77.0 Å². The molecule has 2 nitrogen and oxygen atoms in total. The number of para-hydroxylation sites is 2. The van der Waals surface area contributed by atoms with E-state index < -0.39 is 0 Å². The second-order valence-corrected chi connectivity index (χ2v) is 13.0. The zero-order valence-electron chi connectivity index (χ0n) is 27.4. The van der Waals surface area contributed by atoms with E-state index in [0.717, 1.165) is 11.4 Å². The molecule has 0 bridgehead atoms. The van der Waals surface area contributed by atoms with Crippen molar-refractivity contribution >= 4 is 43.6 Å². The van der Waals surface area contributed by atoms with Crippen molar-refractivity contribution in [1.29, 1.82) is 0 Å². The summed E-state index contributed by atoms with van der Waals surface area (Å²) >= 11 is 0. The van der Waals surface area contributed by atoms with Crippen molar-refractivity contribution in [3.8, 4) is 44.8 Å². The van der Waals surface area contributed by atoms with Gasteiger partial charge in [-0.25, -0.2) is 0 Å². The fraction of sp³-hybridized carbons (Fsp3) is 0. The van der Waals surface area contributed by atoms with Gasteiger partial charge in [0.1, 0.15) is 0 Å². The number of benzene rings is 8. The maximum absolute atomic E-state index is 2.51. The van der Waals surface area contributed by atoms with Crippen LogP contribution in [0, 0.1) is 0 Å². The number of aromatic nitrogens is 2. The fourth-order valence-electron chi connectivity index (χ4n) is 7.82. The van der Waals surface area contributed by atoms with Gasteiger partial charge in [0.2, 0.25) is 0 Å². The van der Waals surface area contributed by atoms with Gasteiger partial charge in [0, 0.05) is 32.9 Å². The van der Waals surface area contributed by atoms with Crippen LogP contribution < -0.4 is 0 Å². The zero-order valence-corrected chi connectivity index (χ0v) is 27.4. The van der Waals surface area contributed by atoms with E-state index in [-0.39, 0.29) is 0 Å². The lowest BCUT2D eigenvalue weighted by atomic mass is 9.99. The van der Waals surface area contributed by atoms with E-state index in [2.05, 4.69) is 203 Å². The second-order valence-electron chi connectivity index (χ2n) is 13.0. The predicted octanol–water partition coefficient (Wildman–Crippen LogP) is 12.9. The van der Waals surface area contributed by atoms with E-state index in [9.17, 15) is 0 Å². The van der Waals surface area contributed by atoms with Gasteiger partial charge >= 0.3 is 0 Å². The second kappa shape index (κ2) is 11.5. The molecule has 10 rings (SSSR count). The largest absolute Gasteiger partial charge is 0.309 e. The Morgan fingerprint density at radius 2 is 0.800 bits per heavy atom. The number of nitrogens with zero attached hydrogens (tertiary/aromatic N) is 2. The molecule has 0 saturated carbocycles. The summed E-state index contributed by atoms with van der Waals surface area (Å²) in [5.74, 6) is 0. The smallest absolute Gasteiger partial charge is 0.0641 e. The van der Waals surface area contributed by atoms with Crippen LogP contribution in [-0.4, -0.2) is 9.13 Å². The number of hydrogen-bond donors (Lipinski definition) is 0. The molecule has 0 unspecified atom stereocenters. The Balaban J connectivity index is 1.29. The summed E-state index contributed by atoms with van der Waals surface area (Å²) in [6.07, 6.45) is 0. The van der Waals surface area contributed by atoms with Crippen LogP contribution in [0.1, 0.15) is 0 Å². The molecule has 8 aromatic carbocycles. The molecule has 0 aliphatic carbocycles. The van der Waals surface area contributed by atoms with E-state index in [0.29, 0.717) is 0 Å². The quantitative estimate of drug-likeness (QED) is 0.178. The summed E-state index contributed by atoms with van der Waals surface area (Å²) in [5, 5.41) is 5.00. The van der Waals surface area contributed by atoms with Crippen molar-refractivity contribution in [2.75, 3.05) is 0 Å². The van der Waals surface area contributed by atoms with Gasteiger partial charge in [-0.05, 0) is 81.9 Å². The van der Waals surface area contributed by atoms with Crippen molar-refractivity contribution < 1.29 is 0 Å². The molecule has 0 aliphatic rings. The lowest BCUT2D eigenvalue weighted by Gasteiger charge is -2.13. The first kappa shape index (κ1) is 28.4. The Morgan fingerprint density at radius 3 is 1.54 bits per heavy atom. The third-order valence-electron chi connectivity index (χ3n) is 10.1. The standard InChI is InChI=1S/C48H32N2/c1-4-14-33(15-5-1)35-18-12-19-36(30-35)37-20-13-23-40(31-37)50-46-32-38(34-16-6-2-7-17-34)26-27-41(46)42-28-29-45-47(48(42)50)43-24-10-11-25-44(43)49(45)39-21-8-3-9-22-39/h1-32H. The van der Waals surface area contributed by atoms with E-state index in [1.807, 2.05) is 0 Å². The molecule has 10 aromatic rings. The van der Waals surface area contributed by atoms with Gasteiger partial charge in [-0.1, -0.05) is 146 Å². The fourth-order valence-corrected chi connectivity index (χ4v) is 7.82. The monoisotopic (exact) mass is 636 g/mol. The summed E-state index contributed by atoms with van der Waals surface area (Å²) in [7, 11) is 0. The number of fused-ring (bicyclic) bond motifs is 7. The van der Waals surface area contributed by atoms with Crippen LogP contribution in [0.4, 0.5) is 0 Å². The number of rotatable bonds is 5. The van der Waals surface area contributed by atoms with Gasteiger partial charge in [-0.3, -0.25) is 0 Å². The summed E-state index contributed by atoms with van der Waals surface area (Å²) in [5.41, 5.74) is 14.4. The molecule has 50 heavy (non-hydrogen) atoms. The molecule has 0 radical (unpaired) electrons. The Morgan fingerprint density at radius 1 is 0.260 bits per heavy atom. The van der Waals surface area contributed by atoms with Gasteiger partial charge in [-0.15, -0.1) is 0 Å². The average molecular weight is 637 g/mol. The summed E-state index contributed by atoms with van der Waals surface area (Å²) in [4.78, 5) is 0. The molecule has 0 aliphatic heterocycles. The zero-order chi connectivity index (χ0) is 33.0. The molecule has 0 N–H and O–H groups in total. The minimum absolute atomic E-state index is 1.14. The van der Waals surface area contributed by atoms with Crippen LogP contribution in [0.3, 0.4) is 0 Å². The van der Waals surface area contributed by atoms with Crippen LogP contribution in [-0.2, 0) is 0 Å².